The Morgan fingerprint density at radius 2 is 1.54 bits per heavy atom. The van der Waals surface area contributed by atoms with Gasteiger partial charge in [0.05, 0.1) is 5.60 Å². The van der Waals surface area contributed by atoms with Gasteiger partial charge in [0, 0.05) is 12.3 Å². The summed E-state index contributed by atoms with van der Waals surface area (Å²) in [6.07, 6.45) is 7.75. The molecule has 0 aromatic rings. The SMILES string of the molecule is CCCCCC(=O)OC(OOC(C)(C)CC(C)(C)C)C(CC)CCCC. The lowest BCUT2D eigenvalue weighted by molar-refractivity contribution is -0.424. The average molecular weight is 373 g/mol. The minimum absolute atomic E-state index is 0.131. The molecule has 0 aliphatic carbocycles. The zero-order valence-corrected chi connectivity index (χ0v) is 18.7. The molecule has 0 saturated carbocycles. The molecular weight excluding hydrogens is 328 g/mol. The van der Waals surface area contributed by atoms with Gasteiger partial charge in [-0.05, 0) is 44.9 Å². The van der Waals surface area contributed by atoms with Crippen molar-refractivity contribution < 1.29 is 19.3 Å². The third kappa shape index (κ3) is 12.7. The summed E-state index contributed by atoms with van der Waals surface area (Å²) in [5.41, 5.74) is -0.306. The second-order valence-electron chi connectivity index (χ2n) is 9.30. The number of esters is 1. The van der Waals surface area contributed by atoms with Crippen LogP contribution in [-0.2, 0) is 19.3 Å². The topological polar surface area (TPSA) is 44.8 Å². The first-order valence-corrected chi connectivity index (χ1v) is 10.6. The lowest BCUT2D eigenvalue weighted by atomic mass is 9.84. The monoisotopic (exact) mass is 372 g/mol. The fourth-order valence-corrected chi connectivity index (χ4v) is 3.39. The van der Waals surface area contributed by atoms with Gasteiger partial charge in [0.15, 0.2) is 0 Å². The van der Waals surface area contributed by atoms with Crippen molar-refractivity contribution >= 4 is 5.97 Å². The van der Waals surface area contributed by atoms with Crippen LogP contribution in [0.4, 0.5) is 0 Å². The van der Waals surface area contributed by atoms with Crippen LogP contribution in [0.1, 0.15) is 113 Å². The van der Waals surface area contributed by atoms with Crippen LogP contribution in [0.2, 0.25) is 0 Å². The van der Waals surface area contributed by atoms with Gasteiger partial charge in [0.25, 0.3) is 0 Å². The zero-order chi connectivity index (χ0) is 20.2. The lowest BCUT2D eigenvalue weighted by Gasteiger charge is -2.33. The van der Waals surface area contributed by atoms with Gasteiger partial charge in [-0.2, -0.15) is 4.89 Å². The van der Waals surface area contributed by atoms with E-state index < -0.39 is 11.9 Å². The van der Waals surface area contributed by atoms with Gasteiger partial charge in [-0.25, -0.2) is 4.89 Å². The van der Waals surface area contributed by atoms with Crippen molar-refractivity contribution in [3.05, 3.63) is 0 Å². The predicted molar refractivity (Wildman–Crippen MR) is 108 cm³/mol. The maximum Gasteiger partial charge on any atom is 0.308 e. The summed E-state index contributed by atoms with van der Waals surface area (Å²) in [5, 5.41) is 0. The zero-order valence-electron chi connectivity index (χ0n) is 18.7. The summed E-state index contributed by atoms with van der Waals surface area (Å²) in [6, 6.07) is 0. The molecule has 156 valence electrons. The number of carbonyl (C=O) groups excluding carboxylic acids is 1. The predicted octanol–water partition coefficient (Wildman–Crippen LogP) is 6.82. The first-order valence-electron chi connectivity index (χ1n) is 10.6. The number of hydrogen-bond donors (Lipinski definition) is 0. The van der Waals surface area contributed by atoms with Crippen LogP contribution in [0.15, 0.2) is 0 Å². The van der Waals surface area contributed by atoms with E-state index in [9.17, 15) is 4.79 Å². The third-order valence-corrected chi connectivity index (χ3v) is 4.39. The summed E-state index contributed by atoms with van der Waals surface area (Å²) < 4.78 is 5.69. The molecule has 26 heavy (non-hydrogen) atoms. The second kappa shape index (κ2) is 12.7. The minimum Gasteiger partial charge on any atom is -0.433 e. The number of ether oxygens (including phenoxy) is 1. The molecule has 2 atom stereocenters. The molecule has 0 saturated heterocycles. The second-order valence-corrected chi connectivity index (χ2v) is 9.30. The Balaban J connectivity index is 4.87. The molecule has 4 heteroatoms. The molecule has 0 bridgehead atoms. The maximum atomic E-state index is 12.2. The van der Waals surface area contributed by atoms with E-state index in [4.69, 9.17) is 14.5 Å². The average Bonchev–Trinajstić information content (AvgIpc) is 2.51. The van der Waals surface area contributed by atoms with E-state index in [1.54, 1.807) is 0 Å². The van der Waals surface area contributed by atoms with Crippen molar-refractivity contribution in [1.29, 1.82) is 0 Å². The van der Waals surface area contributed by atoms with E-state index in [1.807, 2.05) is 13.8 Å². The fraction of sp³-hybridized carbons (Fsp3) is 0.955. The molecule has 0 fully saturated rings. The highest BCUT2D eigenvalue weighted by molar-refractivity contribution is 5.69. The van der Waals surface area contributed by atoms with Crippen molar-refractivity contribution in [3.63, 3.8) is 0 Å². The summed E-state index contributed by atoms with van der Waals surface area (Å²) in [5.74, 6) is -0.0221. The van der Waals surface area contributed by atoms with Crippen LogP contribution in [0, 0.1) is 11.3 Å². The molecular formula is C22H44O4. The van der Waals surface area contributed by atoms with Crippen molar-refractivity contribution in [2.75, 3.05) is 0 Å². The molecule has 0 N–H and O–H groups in total. The van der Waals surface area contributed by atoms with Gasteiger partial charge >= 0.3 is 5.97 Å². The van der Waals surface area contributed by atoms with Crippen LogP contribution in [0.3, 0.4) is 0 Å². The Morgan fingerprint density at radius 1 is 0.923 bits per heavy atom. The Kier molecular flexibility index (Phi) is 12.4. The number of unbranched alkanes of at least 4 members (excludes halogenated alkanes) is 3. The molecule has 0 heterocycles. The van der Waals surface area contributed by atoms with Crippen molar-refractivity contribution in [1.82, 2.24) is 0 Å². The van der Waals surface area contributed by atoms with Crippen LogP contribution < -0.4 is 0 Å². The van der Waals surface area contributed by atoms with Gasteiger partial charge in [-0.1, -0.05) is 67.2 Å². The third-order valence-electron chi connectivity index (χ3n) is 4.39. The van der Waals surface area contributed by atoms with E-state index in [0.29, 0.717) is 6.42 Å². The Labute approximate surface area is 162 Å². The van der Waals surface area contributed by atoms with Crippen LogP contribution in [0.5, 0.6) is 0 Å². The van der Waals surface area contributed by atoms with Gasteiger partial charge in [-0.15, -0.1) is 0 Å². The Bertz CT molecular complexity index is 371. The van der Waals surface area contributed by atoms with Gasteiger partial charge in [0.1, 0.15) is 0 Å². The molecule has 0 rings (SSSR count). The lowest BCUT2D eigenvalue weighted by Crippen LogP contribution is -2.36. The number of hydrogen-bond acceptors (Lipinski definition) is 4. The van der Waals surface area contributed by atoms with E-state index in [-0.39, 0.29) is 17.3 Å². The molecule has 0 spiro atoms. The highest BCUT2D eigenvalue weighted by Crippen LogP contribution is 2.31. The minimum atomic E-state index is -0.625. The summed E-state index contributed by atoms with van der Waals surface area (Å²) >= 11 is 0. The van der Waals surface area contributed by atoms with Crippen molar-refractivity contribution in [2.24, 2.45) is 11.3 Å². The van der Waals surface area contributed by atoms with Crippen molar-refractivity contribution in [2.45, 2.75) is 125 Å². The van der Waals surface area contributed by atoms with Gasteiger partial charge in [-0.3, -0.25) is 4.79 Å². The highest BCUT2D eigenvalue weighted by Gasteiger charge is 2.32. The van der Waals surface area contributed by atoms with Gasteiger partial charge < -0.3 is 4.74 Å². The van der Waals surface area contributed by atoms with Crippen molar-refractivity contribution in [3.8, 4) is 0 Å². The highest BCUT2D eigenvalue weighted by atomic mass is 17.2. The summed E-state index contributed by atoms with van der Waals surface area (Å²) in [4.78, 5) is 23.7. The van der Waals surface area contributed by atoms with Gasteiger partial charge in [0.2, 0.25) is 6.29 Å². The van der Waals surface area contributed by atoms with E-state index in [0.717, 1.165) is 51.4 Å². The molecule has 0 aromatic heterocycles. The molecule has 0 aromatic carbocycles. The first-order chi connectivity index (χ1) is 12.0. The largest absolute Gasteiger partial charge is 0.433 e. The normalized spacial score (nSPS) is 14.9. The van der Waals surface area contributed by atoms with Crippen LogP contribution in [0.25, 0.3) is 0 Å². The molecule has 0 aliphatic rings. The standard InChI is InChI=1S/C22H44O4/c1-9-12-14-16-19(23)24-20(18(11-3)15-13-10-2)25-26-22(7,8)17-21(4,5)6/h18,20H,9-17H2,1-8H3. The molecule has 0 aliphatic heterocycles. The first kappa shape index (κ1) is 25.4. The quantitative estimate of drug-likeness (QED) is 0.110. The fourth-order valence-electron chi connectivity index (χ4n) is 3.39. The van der Waals surface area contributed by atoms with E-state index >= 15 is 0 Å². The van der Waals surface area contributed by atoms with Crippen LogP contribution >= 0.6 is 0 Å². The maximum absolute atomic E-state index is 12.2. The smallest absolute Gasteiger partial charge is 0.308 e. The molecule has 4 nitrogen and oxygen atoms in total. The van der Waals surface area contributed by atoms with E-state index in [2.05, 4.69) is 41.5 Å². The number of rotatable bonds is 14. The Hall–Kier alpha value is -0.610. The van der Waals surface area contributed by atoms with Crippen LogP contribution in [-0.4, -0.2) is 17.9 Å². The molecule has 0 amide bonds. The Morgan fingerprint density at radius 3 is 2.04 bits per heavy atom. The molecule has 2 unspecified atom stereocenters. The molecule has 0 radical (unpaired) electrons. The summed E-state index contributed by atoms with van der Waals surface area (Å²) in [7, 11) is 0. The van der Waals surface area contributed by atoms with E-state index in [1.165, 1.54) is 0 Å². The summed E-state index contributed by atoms with van der Waals surface area (Å²) in [6.45, 7) is 17.0. The number of carbonyl (C=O) groups is 1.